The summed E-state index contributed by atoms with van der Waals surface area (Å²) >= 11 is 17.9. The van der Waals surface area contributed by atoms with Gasteiger partial charge in [-0.25, -0.2) is 4.79 Å². The molecule has 0 aliphatic carbocycles. The number of hydrogen-bond acceptors (Lipinski definition) is 4. The molecule has 0 aliphatic rings. The van der Waals surface area contributed by atoms with Gasteiger partial charge >= 0.3 is 5.76 Å². The van der Waals surface area contributed by atoms with Gasteiger partial charge in [0.2, 0.25) is 0 Å². The molecule has 3 rings (SSSR count). The fourth-order valence-electron chi connectivity index (χ4n) is 1.88. The number of benzene rings is 2. The normalized spacial score (nSPS) is 11.0. The van der Waals surface area contributed by atoms with Gasteiger partial charge in [-0.1, -0.05) is 34.8 Å². The summed E-state index contributed by atoms with van der Waals surface area (Å²) in [5.74, 6) is -0.547. The van der Waals surface area contributed by atoms with Crippen LogP contribution in [0.1, 0.15) is 0 Å². The number of aromatic amines is 1. The fourth-order valence-corrected chi connectivity index (χ4v) is 2.48. The molecular weight excluding hydrogens is 337 g/mol. The second-order valence-electron chi connectivity index (χ2n) is 4.32. The number of H-pyrrole nitrogens is 1. The van der Waals surface area contributed by atoms with E-state index in [0.717, 1.165) is 0 Å². The Hall–Kier alpha value is -1.82. The molecule has 0 unspecified atom stereocenters. The minimum Gasteiger partial charge on any atom is -0.408 e. The molecule has 1 aromatic heterocycles. The fraction of sp³-hybridized carbons (Fsp3) is 0. The minimum atomic E-state index is -0.547. The van der Waals surface area contributed by atoms with Gasteiger partial charge in [0.25, 0.3) is 0 Å². The highest BCUT2D eigenvalue weighted by molar-refractivity contribution is 6.44. The van der Waals surface area contributed by atoms with Gasteiger partial charge in [0.05, 0.1) is 37.6 Å². The summed E-state index contributed by atoms with van der Waals surface area (Å²) in [6, 6.07) is 6.31. The minimum absolute atomic E-state index is 0.356. The Morgan fingerprint density at radius 1 is 1.00 bits per heavy atom. The summed E-state index contributed by atoms with van der Waals surface area (Å²) in [7, 11) is 0. The van der Waals surface area contributed by atoms with Crippen molar-refractivity contribution in [1.29, 1.82) is 0 Å². The van der Waals surface area contributed by atoms with Gasteiger partial charge < -0.3 is 15.5 Å². The lowest BCUT2D eigenvalue weighted by Gasteiger charge is -2.11. The van der Waals surface area contributed by atoms with Crippen molar-refractivity contribution in [3.05, 3.63) is 49.9 Å². The van der Waals surface area contributed by atoms with Gasteiger partial charge in [0.15, 0.2) is 5.58 Å². The number of hydrogen-bond donors (Lipinski definition) is 3. The van der Waals surface area contributed by atoms with Crippen molar-refractivity contribution in [2.75, 3.05) is 11.1 Å². The lowest BCUT2D eigenvalue weighted by atomic mass is 10.2. The number of nitrogen functional groups attached to an aromatic ring is 1. The Morgan fingerprint density at radius 3 is 2.48 bits per heavy atom. The van der Waals surface area contributed by atoms with Crippen LogP contribution in [0.3, 0.4) is 0 Å². The Labute approximate surface area is 133 Å². The maximum atomic E-state index is 11.2. The van der Waals surface area contributed by atoms with E-state index in [1.54, 1.807) is 18.2 Å². The van der Waals surface area contributed by atoms with E-state index >= 15 is 0 Å². The second kappa shape index (κ2) is 5.18. The summed E-state index contributed by atoms with van der Waals surface area (Å²) in [6.07, 6.45) is 0. The molecule has 0 radical (unpaired) electrons. The zero-order chi connectivity index (χ0) is 15.1. The topological polar surface area (TPSA) is 84.0 Å². The van der Waals surface area contributed by atoms with Gasteiger partial charge in [-0.15, -0.1) is 0 Å². The molecule has 108 valence electrons. The van der Waals surface area contributed by atoms with Crippen LogP contribution < -0.4 is 16.8 Å². The van der Waals surface area contributed by atoms with E-state index in [9.17, 15) is 4.79 Å². The standard InChI is InChI=1S/C13H8Cl3N3O2/c14-5-1-7(16)9(2-6(5)15)18-10-4-11-12(3-8(10)17)21-13(20)19-11/h1-4,18H,17H2,(H,19,20). The molecular formula is C13H8Cl3N3O2. The van der Waals surface area contributed by atoms with Crippen molar-refractivity contribution < 1.29 is 4.42 Å². The van der Waals surface area contributed by atoms with Crippen LogP contribution >= 0.6 is 34.8 Å². The zero-order valence-corrected chi connectivity index (χ0v) is 12.6. The summed E-state index contributed by atoms with van der Waals surface area (Å²) in [4.78, 5) is 13.7. The van der Waals surface area contributed by atoms with Crippen molar-refractivity contribution in [1.82, 2.24) is 4.98 Å². The van der Waals surface area contributed by atoms with Crippen LogP contribution in [0.4, 0.5) is 17.1 Å². The molecule has 5 nitrogen and oxygen atoms in total. The van der Waals surface area contributed by atoms with E-state index < -0.39 is 5.76 Å². The zero-order valence-electron chi connectivity index (χ0n) is 10.3. The number of rotatable bonds is 2. The molecule has 0 aliphatic heterocycles. The molecule has 3 aromatic rings. The van der Waals surface area contributed by atoms with Crippen molar-refractivity contribution >= 4 is 63.0 Å². The van der Waals surface area contributed by atoms with E-state index in [-0.39, 0.29) is 0 Å². The van der Waals surface area contributed by atoms with Crippen LogP contribution in [0, 0.1) is 0 Å². The van der Waals surface area contributed by atoms with Gasteiger partial charge in [-0.3, -0.25) is 4.98 Å². The van der Waals surface area contributed by atoms with Crippen molar-refractivity contribution in [3.8, 4) is 0 Å². The van der Waals surface area contributed by atoms with Crippen molar-refractivity contribution in [2.45, 2.75) is 0 Å². The monoisotopic (exact) mass is 343 g/mol. The quantitative estimate of drug-likeness (QED) is 0.475. The first kappa shape index (κ1) is 14.1. The summed E-state index contributed by atoms with van der Waals surface area (Å²) in [5, 5.41) is 4.16. The number of oxazole rings is 1. The third-order valence-electron chi connectivity index (χ3n) is 2.87. The first-order valence-electron chi connectivity index (χ1n) is 5.78. The third kappa shape index (κ3) is 2.68. The number of nitrogens with two attached hydrogens (primary N) is 1. The maximum absolute atomic E-state index is 11.2. The van der Waals surface area contributed by atoms with Crippen LogP contribution in [0.5, 0.6) is 0 Å². The van der Waals surface area contributed by atoms with E-state index in [4.69, 9.17) is 45.0 Å². The molecule has 4 N–H and O–H groups in total. The van der Waals surface area contributed by atoms with Crippen LogP contribution in [-0.4, -0.2) is 4.98 Å². The van der Waals surface area contributed by atoms with Gasteiger partial charge in [0, 0.05) is 6.07 Å². The molecule has 1 heterocycles. The summed E-state index contributed by atoms with van der Waals surface area (Å²) in [6.45, 7) is 0. The Bertz CT molecular complexity index is 902. The Kier molecular flexibility index (Phi) is 3.49. The Morgan fingerprint density at radius 2 is 1.71 bits per heavy atom. The molecule has 0 saturated heterocycles. The van der Waals surface area contributed by atoms with E-state index in [2.05, 4.69) is 10.3 Å². The molecule has 0 amide bonds. The first-order chi connectivity index (χ1) is 9.94. The van der Waals surface area contributed by atoms with Crippen LogP contribution in [0.25, 0.3) is 11.1 Å². The number of nitrogens with one attached hydrogen (secondary N) is 2. The SMILES string of the molecule is Nc1cc2oc(=O)[nH]c2cc1Nc1cc(Cl)c(Cl)cc1Cl. The lowest BCUT2D eigenvalue weighted by Crippen LogP contribution is -1.97. The van der Waals surface area contributed by atoms with E-state index in [1.165, 1.54) is 6.07 Å². The molecule has 0 atom stereocenters. The molecule has 0 saturated carbocycles. The average Bonchev–Trinajstić information content (AvgIpc) is 2.75. The van der Waals surface area contributed by atoms with Crippen molar-refractivity contribution in [3.63, 3.8) is 0 Å². The van der Waals surface area contributed by atoms with Gasteiger partial charge in [-0.2, -0.15) is 0 Å². The lowest BCUT2D eigenvalue weighted by molar-refractivity contribution is 0.555. The van der Waals surface area contributed by atoms with E-state index in [1.807, 2.05) is 0 Å². The van der Waals surface area contributed by atoms with E-state index in [0.29, 0.717) is 43.2 Å². The summed E-state index contributed by atoms with van der Waals surface area (Å²) < 4.78 is 4.93. The average molecular weight is 345 g/mol. The smallest absolute Gasteiger partial charge is 0.408 e. The maximum Gasteiger partial charge on any atom is 0.417 e. The molecule has 0 spiro atoms. The highest BCUT2D eigenvalue weighted by atomic mass is 35.5. The molecule has 0 bridgehead atoms. The molecule has 2 aromatic carbocycles. The largest absolute Gasteiger partial charge is 0.417 e. The third-order valence-corrected chi connectivity index (χ3v) is 3.91. The Balaban J connectivity index is 2.07. The molecule has 8 heteroatoms. The molecule has 0 fully saturated rings. The number of halogens is 3. The predicted molar refractivity (Wildman–Crippen MR) is 86.0 cm³/mol. The predicted octanol–water partition coefficient (Wildman–Crippen LogP) is 4.41. The first-order valence-corrected chi connectivity index (χ1v) is 6.91. The summed E-state index contributed by atoms with van der Waals surface area (Å²) in [5.41, 5.74) is 8.32. The number of aromatic nitrogens is 1. The van der Waals surface area contributed by atoms with Crippen molar-refractivity contribution in [2.24, 2.45) is 0 Å². The van der Waals surface area contributed by atoms with Crippen LogP contribution in [0.15, 0.2) is 33.5 Å². The number of anilines is 3. The van der Waals surface area contributed by atoms with Crippen LogP contribution in [-0.2, 0) is 0 Å². The highest BCUT2D eigenvalue weighted by Crippen LogP contribution is 2.35. The number of fused-ring (bicyclic) bond motifs is 1. The van der Waals surface area contributed by atoms with Crippen LogP contribution in [0.2, 0.25) is 15.1 Å². The van der Waals surface area contributed by atoms with Gasteiger partial charge in [0.1, 0.15) is 0 Å². The second-order valence-corrected chi connectivity index (χ2v) is 5.54. The molecule has 21 heavy (non-hydrogen) atoms. The highest BCUT2D eigenvalue weighted by Gasteiger charge is 2.10. The van der Waals surface area contributed by atoms with Gasteiger partial charge in [-0.05, 0) is 18.2 Å².